The quantitative estimate of drug-likeness (QED) is 0.161. The second-order valence-electron chi connectivity index (χ2n) is 18.8. The van der Waals surface area contributed by atoms with E-state index in [0.29, 0.717) is 28.4 Å². The summed E-state index contributed by atoms with van der Waals surface area (Å²) in [4.78, 5) is 5.17. The van der Waals surface area contributed by atoms with Gasteiger partial charge in [-0.1, -0.05) is 118 Å². The molecule has 13 rings (SSSR count). The standard InChI is InChI=1S/C61H44N4O.Pt/c1-38-31-59(62-36-50(38)39-25-27-40(28-26-39)60(2,3)4)65-57-33-43(66-42-16-14-15-41(32-42)64-37-63(5)55-23-12-13-24-56(55)64)29-30-47(57)49-34-48-46-19-8-11-22-53(46)61(54(48)35-58(49)65)51-20-9-6-17-44(51)45-18-7-10-21-52(45)61;/h6-31,34-36H,1-5H3;/q-2;/i1D3;. The second kappa shape index (κ2) is 14.6. The SMILES string of the molecule is [2H]C([2H])([2H])c1cc(-n2c3[c-]c(Oc4[c-]c(-n5[c](=[Pt])n(C)c6ccccc65)ccc4)ccc3c3cc4c(cc32)C2(c3ccccc3-c3ccccc32)c2ccccc2-4)ncc1-c1ccc(C(C)(C)C)cc1. The number of pyridine rings is 1. The van der Waals surface area contributed by atoms with Crippen molar-refractivity contribution >= 4 is 32.8 Å². The van der Waals surface area contributed by atoms with Crippen molar-refractivity contribution in [2.45, 2.75) is 38.5 Å². The van der Waals surface area contributed by atoms with Crippen LogP contribution >= 0.6 is 0 Å². The molecule has 5 nitrogen and oxygen atoms in total. The predicted octanol–water partition coefficient (Wildman–Crippen LogP) is 14.5. The van der Waals surface area contributed by atoms with Crippen molar-refractivity contribution in [1.29, 1.82) is 0 Å². The van der Waals surface area contributed by atoms with E-state index in [4.69, 9.17) is 13.8 Å². The van der Waals surface area contributed by atoms with Crippen LogP contribution in [0.4, 0.5) is 0 Å². The minimum absolute atomic E-state index is 0.0543. The Morgan fingerprint density at radius 3 is 1.91 bits per heavy atom. The Morgan fingerprint density at radius 2 is 1.22 bits per heavy atom. The number of ether oxygens (including phenoxy) is 1. The molecule has 0 bridgehead atoms. The first-order valence-electron chi connectivity index (χ1n) is 24.1. The van der Waals surface area contributed by atoms with Gasteiger partial charge in [-0.05, 0) is 73.5 Å². The molecule has 0 saturated carbocycles. The summed E-state index contributed by atoms with van der Waals surface area (Å²) in [6, 6.07) is 66.5. The summed E-state index contributed by atoms with van der Waals surface area (Å²) >= 11 is 2.36. The van der Waals surface area contributed by atoms with E-state index >= 15 is 0 Å². The summed E-state index contributed by atoms with van der Waals surface area (Å²) in [6.45, 7) is 4.07. The number of aromatic nitrogens is 4. The number of imidazole rings is 1. The minimum atomic E-state index is -2.45. The smallest absolute Gasteiger partial charge is 0.0619 e. The molecule has 326 valence electrons. The topological polar surface area (TPSA) is 36.9 Å². The molecule has 1 spiro atoms. The monoisotopic (exact) mass is 1050 g/mol. The molecular formula is C61H44N4OPt-2. The number of benzene rings is 8. The van der Waals surface area contributed by atoms with Crippen molar-refractivity contribution in [1.82, 2.24) is 18.7 Å². The molecule has 2 aliphatic carbocycles. The molecular weight excluding hydrogens is 1000 g/mol. The van der Waals surface area contributed by atoms with E-state index in [9.17, 15) is 0 Å². The summed E-state index contributed by atoms with van der Waals surface area (Å²) in [5.74, 6) is 1.50. The average Bonchev–Trinajstić information content (AvgIpc) is 4.03. The van der Waals surface area contributed by atoms with Gasteiger partial charge in [0.1, 0.15) is 0 Å². The Labute approximate surface area is 404 Å². The normalized spacial score (nSPS) is 14.2. The molecule has 11 aromatic rings. The van der Waals surface area contributed by atoms with Gasteiger partial charge in [0, 0.05) is 15.9 Å². The van der Waals surface area contributed by atoms with E-state index in [1.807, 2.05) is 48.5 Å². The second-order valence-corrected chi connectivity index (χ2v) is 19.8. The van der Waals surface area contributed by atoms with Crippen LogP contribution in [0.25, 0.3) is 77.7 Å². The maximum atomic E-state index is 8.93. The molecule has 0 fully saturated rings. The molecule has 8 aromatic carbocycles. The average molecular weight is 1050 g/mol. The molecule has 0 unspecified atom stereocenters. The molecule has 0 aliphatic heterocycles. The number of nitrogens with zero attached hydrogens (tertiary/aromatic N) is 4. The van der Waals surface area contributed by atoms with Gasteiger partial charge in [0.15, 0.2) is 0 Å². The number of para-hydroxylation sites is 2. The van der Waals surface area contributed by atoms with E-state index in [1.54, 1.807) is 12.3 Å². The zero-order valence-electron chi connectivity index (χ0n) is 40.3. The number of hydrogen-bond acceptors (Lipinski definition) is 2. The van der Waals surface area contributed by atoms with Crippen LogP contribution in [0.1, 0.15) is 58.3 Å². The van der Waals surface area contributed by atoms with Gasteiger partial charge in [-0.3, -0.25) is 0 Å². The van der Waals surface area contributed by atoms with Gasteiger partial charge < -0.3 is 0 Å². The third-order valence-electron chi connectivity index (χ3n) is 14.1. The van der Waals surface area contributed by atoms with Gasteiger partial charge in [0.05, 0.1) is 5.41 Å². The number of aryl methyl sites for hydroxylation is 2. The van der Waals surface area contributed by atoms with Gasteiger partial charge in [-0.25, -0.2) is 0 Å². The molecule has 3 aromatic heterocycles. The summed E-state index contributed by atoms with van der Waals surface area (Å²) in [5, 5.41) is 1.94. The molecule has 0 amide bonds. The molecule has 3 heterocycles. The Bertz CT molecular complexity index is 4010. The van der Waals surface area contributed by atoms with Crippen molar-refractivity contribution in [3.05, 3.63) is 225 Å². The van der Waals surface area contributed by atoms with E-state index in [0.717, 1.165) is 53.5 Å². The van der Waals surface area contributed by atoms with E-state index < -0.39 is 12.3 Å². The molecule has 0 atom stereocenters. The van der Waals surface area contributed by atoms with Crippen LogP contribution < -0.4 is 4.74 Å². The van der Waals surface area contributed by atoms with Gasteiger partial charge in [-0.2, -0.15) is 0 Å². The molecule has 0 N–H and O–H groups in total. The minimum Gasteiger partial charge on any atom is -0.0619 e. The molecule has 2 aliphatic rings. The van der Waals surface area contributed by atoms with Crippen LogP contribution in [0, 0.1) is 22.8 Å². The van der Waals surface area contributed by atoms with Crippen molar-refractivity contribution in [2.24, 2.45) is 7.05 Å². The van der Waals surface area contributed by atoms with Crippen molar-refractivity contribution < 1.29 is 28.2 Å². The van der Waals surface area contributed by atoms with Crippen LogP contribution in [0.15, 0.2) is 176 Å². The summed E-state index contributed by atoms with van der Waals surface area (Å²) < 4.78 is 41.0. The van der Waals surface area contributed by atoms with Gasteiger partial charge >= 0.3 is 194 Å². The molecule has 0 radical (unpaired) electrons. The van der Waals surface area contributed by atoms with Gasteiger partial charge in [0.25, 0.3) is 0 Å². The molecule has 6 heteroatoms. The summed E-state index contributed by atoms with van der Waals surface area (Å²) in [6.07, 6.45) is 1.72. The third kappa shape index (κ3) is 5.77. The van der Waals surface area contributed by atoms with Gasteiger partial charge in [-0.15, -0.1) is 0 Å². The first kappa shape index (κ1) is 36.8. The zero-order chi connectivity index (χ0) is 47.8. The van der Waals surface area contributed by atoms with Crippen molar-refractivity contribution in [2.75, 3.05) is 0 Å². The van der Waals surface area contributed by atoms with Gasteiger partial charge in [0.2, 0.25) is 0 Å². The Kier molecular flexibility index (Phi) is 8.02. The van der Waals surface area contributed by atoms with E-state index in [-0.39, 0.29) is 11.0 Å². The fraction of sp³-hybridized carbons (Fsp3) is 0.115. The van der Waals surface area contributed by atoms with Crippen molar-refractivity contribution in [3.8, 4) is 56.4 Å². The summed E-state index contributed by atoms with van der Waals surface area (Å²) in [7, 11) is 2.07. The van der Waals surface area contributed by atoms with Crippen LogP contribution in [-0.2, 0) is 37.2 Å². The summed E-state index contributed by atoms with van der Waals surface area (Å²) in [5.41, 5.74) is 16.4. The Morgan fingerprint density at radius 1 is 0.582 bits per heavy atom. The molecule has 0 saturated heterocycles. The Hall–Kier alpha value is -7.33. The predicted molar refractivity (Wildman–Crippen MR) is 267 cm³/mol. The number of fused-ring (bicyclic) bond motifs is 14. The van der Waals surface area contributed by atoms with E-state index in [2.05, 4.69) is 188 Å². The van der Waals surface area contributed by atoms with Crippen molar-refractivity contribution in [3.63, 3.8) is 0 Å². The maximum absolute atomic E-state index is 8.93. The van der Waals surface area contributed by atoms with Crippen LogP contribution in [-0.4, -0.2) is 18.7 Å². The first-order valence-corrected chi connectivity index (χ1v) is 23.7. The number of rotatable bonds is 5. The third-order valence-corrected chi connectivity index (χ3v) is 15.3. The first-order chi connectivity index (χ1) is 33.8. The van der Waals surface area contributed by atoms with Crippen LogP contribution in [0.3, 0.4) is 0 Å². The Balaban J connectivity index is 1.05. The fourth-order valence-electron chi connectivity index (χ4n) is 11.0. The van der Waals surface area contributed by atoms with E-state index in [1.165, 1.54) is 38.9 Å². The number of hydrogen-bond donors (Lipinski definition) is 0. The zero-order valence-corrected chi connectivity index (χ0v) is 39.5. The van der Waals surface area contributed by atoms with Crippen LogP contribution in [0.5, 0.6) is 11.5 Å². The molecule has 67 heavy (non-hydrogen) atoms. The van der Waals surface area contributed by atoms with Crippen LogP contribution in [0.2, 0.25) is 0 Å². The fourth-order valence-corrected chi connectivity index (χ4v) is 11.8.